The Morgan fingerprint density at radius 3 is 1.23 bits per heavy atom. The molecule has 24 heteroatoms. The number of nitrogens with zero attached hydrogens (tertiary/aromatic N) is 3. The van der Waals surface area contributed by atoms with E-state index in [4.69, 9.17) is 47.4 Å². The Balaban J connectivity index is 2.42. The highest BCUT2D eigenvalue weighted by Crippen LogP contribution is 2.36. The number of hydrogen-bond donors (Lipinski definition) is 1. The van der Waals surface area contributed by atoms with Crippen molar-refractivity contribution in [3.8, 4) is 0 Å². The van der Waals surface area contributed by atoms with E-state index in [1.165, 1.54) is 7.05 Å². The van der Waals surface area contributed by atoms with Crippen LogP contribution in [0.4, 0.5) is 5.82 Å². The van der Waals surface area contributed by atoms with Gasteiger partial charge in [-0.25, -0.2) is 9.36 Å². The molecule has 0 spiro atoms. The van der Waals surface area contributed by atoms with Crippen molar-refractivity contribution in [3.63, 3.8) is 0 Å². The number of anilines is 1. The lowest BCUT2D eigenvalue weighted by Gasteiger charge is -2.45. The first-order valence-corrected chi connectivity index (χ1v) is 16.7. The third-order valence-electron chi connectivity index (χ3n) is 7.70. The molecule has 3 heterocycles. The number of carbonyl (C=O) groups is 8. The van der Waals surface area contributed by atoms with Crippen LogP contribution in [0.15, 0.2) is 9.59 Å². The van der Waals surface area contributed by atoms with E-state index in [-0.39, 0.29) is 0 Å². The largest absolute Gasteiger partial charge is 0.463 e. The predicted molar refractivity (Wildman–Crippen MR) is 177 cm³/mol. The Bertz CT molecular complexity index is 1820. The molecular formula is C32H42N4O20. The molecule has 310 valence electrons. The lowest BCUT2D eigenvalue weighted by atomic mass is 9.96. The molecule has 1 N–H and O–H groups in total. The maximum atomic E-state index is 14.7. The summed E-state index contributed by atoms with van der Waals surface area (Å²) in [6, 6.07) is 0. The molecule has 0 amide bonds. The van der Waals surface area contributed by atoms with Crippen LogP contribution in [0.3, 0.4) is 0 Å². The molecule has 1 aromatic rings. The van der Waals surface area contributed by atoms with Crippen molar-refractivity contribution in [3.05, 3.63) is 20.8 Å². The molecule has 10 unspecified atom stereocenters. The van der Waals surface area contributed by atoms with Gasteiger partial charge < -0.3 is 52.7 Å². The van der Waals surface area contributed by atoms with Crippen LogP contribution >= 0.6 is 0 Å². The molecule has 2 aliphatic heterocycles. The number of nitrogens with one attached hydrogen (secondary N) is 1. The number of ether oxygens (including phenoxy) is 10. The highest BCUT2D eigenvalue weighted by molar-refractivity contribution is 5.70. The summed E-state index contributed by atoms with van der Waals surface area (Å²) in [7, 11) is 1.21. The van der Waals surface area contributed by atoms with Gasteiger partial charge in [0.1, 0.15) is 25.4 Å². The van der Waals surface area contributed by atoms with Gasteiger partial charge in [-0.2, -0.15) is 4.68 Å². The minimum atomic E-state index is -2.11. The Labute approximate surface area is 316 Å². The summed E-state index contributed by atoms with van der Waals surface area (Å²) in [5.74, 6) is -8.30. The van der Waals surface area contributed by atoms with Gasteiger partial charge in [0.05, 0.1) is 0 Å². The van der Waals surface area contributed by atoms with E-state index in [1.54, 1.807) is 0 Å². The third kappa shape index (κ3) is 11.1. The zero-order valence-electron chi connectivity index (χ0n) is 31.7. The smallest absolute Gasteiger partial charge is 0.352 e. The van der Waals surface area contributed by atoms with Crippen LogP contribution in [0, 0.1) is 0 Å². The van der Waals surface area contributed by atoms with Crippen LogP contribution in [-0.2, 0) is 85.7 Å². The zero-order valence-corrected chi connectivity index (χ0v) is 31.7. The van der Waals surface area contributed by atoms with Gasteiger partial charge in [0.25, 0.3) is 0 Å². The Hall–Kier alpha value is -5.91. The van der Waals surface area contributed by atoms with Gasteiger partial charge in [-0.3, -0.25) is 43.2 Å². The van der Waals surface area contributed by atoms with Crippen LogP contribution in [0.2, 0.25) is 0 Å². The predicted octanol–water partition coefficient (Wildman–Crippen LogP) is -2.04. The number of rotatable bonds is 13. The molecule has 3 rings (SSSR count). The van der Waals surface area contributed by atoms with Crippen LogP contribution in [-0.4, -0.2) is 131 Å². The van der Waals surface area contributed by atoms with Crippen LogP contribution in [0.5, 0.6) is 0 Å². The highest BCUT2D eigenvalue weighted by atomic mass is 16.7. The maximum absolute atomic E-state index is 14.7. The summed E-state index contributed by atoms with van der Waals surface area (Å²) < 4.78 is 55.5. The van der Waals surface area contributed by atoms with E-state index in [2.05, 4.69) is 10.4 Å². The molecule has 0 radical (unpaired) electrons. The number of carbonyl (C=O) groups excluding carboxylic acids is 8. The maximum Gasteiger partial charge on any atom is 0.352 e. The molecular weight excluding hydrogens is 760 g/mol. The fourth-order valence-corrected chi connectivity index (χ4v) is 5.87. The van der Waals surface area contributed by atoms with Crippen molar-refractivity contribution in [1.29, 1.82) is 0 Å². The second-order valence-corrected chi connectivity index (χ2v) is 12.2. The SMILES string of the molecule is CNc1nn(C2OC(COC(C)=O)C(OC(C)=O)C(OC(C)=O)C2OC(C)=O)c(=O)n(C2OC(COC(C)=O)C(OC(C)=O)C(OC(C)=O)C2OC(C)=O)c1=O. The molecule has 0 aromatic carbocycles. The van der Waals surface area contributed by atoms with Crippen molar-refractivity contribution < 1.29 is 85.7 Å². The van der Waals surface area contributed by atoms with E-state index >= 15 is 0 Å². The van der Waals surface area contributed by atoms with E-state index in [0.717, 1.165) is 55.4 Å². The van der Waals surface area contributed by atoms with Crippen LogP contribution in [0.25, 0.3) is 0 Å². The summed E-state index contributed by atoms with van der Waals surface area (Å²) in [5.41, 5.74) is -2.74. The molecule has 0 bridgehead atoms. The normalized spacial score (nSPS) is 27.0. The summed E-state index contributed by atoms with van der Waals surface area (Å²) >= 11 is 0. The van der Waals surface area contributed by atoms with Crippen molar-refractivity contribution in [2.24, 2.45) is 0 Å². The van der Waals surface area contributed by atoms with Crippen LogP contribution < -0.4 is 16.6 Å². The van der Waals surface area contributed by atoms with Gasteiger partial charge in [-0.15, -0.1) is 5.10 Å². The van der Waals surface area contributed by atoms with E-state index in [1.807, 2.05) is 0 Å². The van der Waals surface area contributed by atoms with E-state index < -0.39 is 139 Å². The molecule has 0 saturated carbocycles. The molecule has 2 aliphatic rings. The standard InChI is InChI=1S/C32H42N4O20/c1-12(37)47-10-20-22(49-14(3)39)24(51-16(5)41)26(53-18(7)43)30(55-20)35-29(45)28(33-9)34-36(32(35)46)31-27(54-19(8)44)25(52-17(6)42)23(50-15(4)40)21(56-31)11-48-13(2)38/h20-27,30-31H,10-11H2,1-9H3,(H,33,34). The first-order valence-electron chi connectivity index (χ1n) is 16.7. The molecule has 1 aromatic heterocycles. The number of esters is 8. The average Bonchev–Trinajstić information content (AvgIpc) is 3.06. The van der Waals surface area contributed by atoms with Gasteiger partial charge in [0.2, 0.25) is 5.82 Å². The molecule has 2 fully saturated rings. The fraction of sp³-hybridized carbons (Fsp3) is 0.656. The first kappa shape index (κ1) is 44.5. The molecule has 56 heavy (non-hydrogen) atoms. The second-order valence-electron chi connectivity index (χ2n) is 12.2. The van der Waals surface area contributed by atoms with Crippen molar-refractivity contribution in [2.75, 3.05) is 25.6 Å². The monoisotopic (exact) mass is 802 g/mol. The van der Waals surface area contributed by atoms with E-state index in [9.17, 15) is 47.9 Å². The van der Waals surface area contributed by atoms with Gasteiger partial charge in [-0.05, 0) is 0 Å². The van der Waals surface area contributed by atoms with Gasteiger partial charge in [0.15, 0.2) is 49.1 Å². The summed E-state index contributed by atoms with van der Waals surface area (Å²) in [6.45, 7) is 6.44. The second kappa shape index (κ2) is 19.1. The summed E-state index contributed by atoms with van der Waals surface area (Å²) in [6.07, 6.45) is -18.1. The quantitative estimate of drug-likeness (QED) is 0.166. The average molecular weight is 803 g/mol. The zero-order chi connectivity index (χ0) is 42.2. The van der Waals surface area contributed by atoms with Gasteiger partial charge in [0, 0.05) is 62.4 Å². The lowest BCUT2D eigenvalue weighted by molar-refractivity contribution is -0.275. The van der Waals surface area contributed by atoms with Crippen molar-refractivity contribution >= 4 is 53.6 Å². The molecule has 24 nitrogen and oxygen atoms in total. The van der Waals surface area contributed by atoms with Gasteiger partial charge >= 0.3 is 59.0 Å². The number of aromatic nitrogens is 3. The highest BCUT2D eigenvalue weighted by Gasteiger charge is 2.56. The summed E-state index contributed by atoms with van der Waals surface area (Å²) in [4.78, 5) is 127. The lowest BCUT2D eigenvalue weighted by Crippen LogP contribution is -2.65. The van der Waals surface area contributed by atoms with Crippen molar-refractivity contribution in [1.82, 2.24) is 14.3 Å². The Kier molecular flexibility index (Phi) is 15.2. The number of hydrogen-bond acceptors (Lipinski definition) is 22. The molecule has 0 aliphatic carbocycles. The minimum Gasteiger partial charge on any atom is -0.463 e. The fourth-order valence-electron chi connectivity index (χ4n) is 5.87. The Morgan fingerprint density at radius 2 is 0.875 bits per heavy atom. The summed E-state index contributed by atoms with van der Waals surface area (Å²) in [5, 5.41) is 6.52. The third-order valence-corrected chi connectivity index (χ3v) is 7.70. The van der Waals surface area contributed by atoms with E-state index in [0.29, 0.717) is 9.25 Å². The molecule has 2 saturated heterocycles. The Morgan fingerprint density at radius 1 is 0.536 bits per heavy atom. The van der Waals surface area contributed by atoms with Crippen LogP contribution in [0.1, 0.15) is 67.8 Å². The first-order chi connectivity index (χ1) is 26.2. The minimum absolute atomic E-state index is 0.335. The molecule has 10 atom stereocenters. The topological polar surface area (TPSA) is 298 Å². The van der Waals surface area contributed by atoms with Gasteiger partial charge in [-0.1, -0.05) is 0 Å². The van der Waals surface area contributed by atoms with Crippen molar-refractivity contribution in [2.45, 2.75) is 117 Å².